The van der Waals surface area contributed by atoms with E-state index in [9.17, 15) is 14.7 Å². The summed E-state index contributed by atoms with van der Waals surface area (Å²) in [5.41, 5.74) is 6.19. The molecule has 2 aliphatic rings. The Kier molecular flexibility index (Phi) is 12.8. The van der Waals surface area contributed by atoms with Gasteiger partial charge in [0, 0.05) is 45.0 Å². The van der Waals surface area contributed by atoms with Crippen LogP contribution in [0.2, 0.25) is 0 Å². The highest BCUT2D eigenvalue weighted by Gasteiger charge is 2.33. The van der Waals surface area contributed by atoms with Crippen LogP contribution in [0.25, 0.3) is 11.1 Å². The van der Waals surface area contributed by atoms with Gasteiger partial charge in [-0.3, -0.25) is 9.59 Å². The van der Waals surface area contributed by atoms with E-state index in [1.165, 1.54) is 26.2 Å². The molecular formula is C38H49N3O5. The number of amides is 2. The highest BCUT2D eigenvalue weighted by atomic mass is 16.7. The molecule has 3 N–H and O–H groups in total. The van der Waals surface area contributed by atoms with E-state index in [4.69, 9.17) is 9.47 Å². The number of nitrogens with zero attached hydrogens (tertiary/aromatic N) is 1. The Morgan fingerprint density at radius 2 is 1.59 bits per heavy atom. The molecule has 8 nitrogen and oxygen atoms in total. The molecule has 8 heteroatoms. The molecule has 46 heavy (non-hydrogen) atoms. The van der Waals surface area contributed by atoms with E-state index in [1.807, 2.05) is 24.3 Å². The number of piperidine rings is 1. The summed E-state index contributed by atoms with van der Waals surface area (Å²) in [6, 6.07) is 24.6. The number of nitrogens with one attached hydrogen (secondary N) is 2. The number of carbonyl (C=O) groups excluding carboxylic acids is 2. The molecule has 3 unspecified atom stereocenters. The number of likely N-dealkylation sites (tertiary alicyclic amines) is 1. The van der Waals surface area contributed by atoms with Crippen molar-refractivity contribution in [2.75, 3.05) is 26.2 Å². The van der Waals surface area contributed by atoms with E-state index in [0.717, 1.165) is 78.7 Å². The number of hydrogen-bond acceptors (Lipinski definition) is 6. The molecule has 3 atom stereocenters. The number of carbonyl (C=O) groups is 2. The number of aliphatic hydroxyl groups is 1. The van der Waals surface area contributed by atoms with Crippen LogP contribution in [0, 0.1) is 0 Å². The second kappa shape index (κ2) is 17.4. The van der Waals surface area contributed by atoms with E-state index < -0.39 is 6.29 Å². The minimum atomic E-state index is -0.479. The van der Waals surface area contributed by atoms with E-state index in [1.54, 1.807) is 0 Å². The van der Waals surface area contributed by atoms with Crippen LogP contribution in [-0.2, 0) is 32.2 Å². The molecule has 3 aromatic carbocycles. The first-order valence-electron chi connectivity index (χ1n) is 16.9. The lowest BCUT2D eigenvalue weighted by Gasteiger charge is -2.39. The van der Waals surface area contributed by atoms with Crippen molar-refractivity contribution >= 4 is 11.8 Å². The second-order valence-corrected chi connectivity index (χ2v) is 12.6. The molecule has 2 aliphatic heterocycles. The first kappa shape index (κ1) is 33.8. The Balaban J connectivity index is 1.22. The standard InChI is InChI=1S/C38H49N3O5/c1-28(43)39-21-7-2-4-12-37(44)40-25-33-10-5-6-11-35(33)30-17-19-32(20-18-30)38-45-34(26-41-22-8-3-9-23-41)24-36(46-38)31-15-13-29(27-42)14-16-31/h5-6,10-11,13-20,34,36,38,42H,2-4,7-9,12,21-27H2,1H3,(H,39,43)(H,40,44). The fourth-order valence-corrected chi connectivity index (χ4v) is 6.37. The summed E-state index contributed by atoms with van der Waals surface area (Å²) in [5, 5.41) is 15.4. The summed E-state index contributed by atoms with van der Waals surface area (Å²) < 4.78 is 13.2. The third-order valence-corrected chi connectivity index (χ3v) is 8.97. The van der Waals surface area contributed by atoms with E-state index in [0.29, 0.717) is 19.5 Å². The largest absolute Gasteiger partial charge is 0.392 e. The average molecular weight is 628 g/mol. The third-order valence-electron chi connectivity index (χ3n) is 8.97. The van der Waals surface area contributed by atoms with Gasteiger partial charge in [0.2, 0.25) is 11.8 Å². The number of unbranched alkanes of at least 4 members (excludes halogenated alkanes) is 2. The van der Waals surface area contributed by atoms with Crippen molar-refractivity contribution in [2.24, 2.45) is 0 Å². The second-order valence-electron chi connectivity index (χ2n) is 12.6. The van der Waals surface area contributed by atoms with Crippen LogP contribution in [-0.4, -0.2) is 54.1 Å². The van der Waals surface area contributed by atoms with Gasteiger partial charge >= 0.3 is 0 Å². The maximum absolute atomic E-state index is 12.5. The van der Waals surface area contributed by atoms with Crippen LogP contribution in [0.3, 0.4) is 0 Å². The molecule has 0 radical (unpaired) electrons. The average Bonchev–Trinajstić information content (AvgIpc) is 3.09. The van der Waals surface area contributed by atoms with E-state index >= 15 is 0 Å². The van der Waals surface area contributed by atoms with Crippen LogP contribution in [0.15, 0.2) is 72.8 Å². The monoisotopic (exact) mass is 627 g/mol. The van der Waals surface area contributed by atoms with Crippen LogP contribution in [0.4, 0.5) is 0 Å². The molecule has 2 heterocycles. The lowest BCUT2D eigenvalue weighted by molar-refractivity contribution is -0.253. The van der Waals surface area contributed by atoms with Gasteiger partial charge in [-0.05, 0) is 66.6 Å². The molecule has 2 saturated heterocycles. The van der Waals surface area contributed by atoms with Crippen molar-refractivity contribution in [3.05, 3.63) is 95.1 Å². The first-order chi connectivity index (χ1) is 22.5. The van der Waals surface area contributed by atoms with Crippen LogP contribution < -0.4 is 10.6 Å². The molecule has 2 amide bonds. The molecule has 246 valence electrons. The van der Waals surface area contributed by atoms with Crippen molar-refractivity contribution in [1.29, 1.82) is 0 Å². The molecule has 0 saturated carbocycles. The molecule has 0 aromatic heterocycles. The molecular weight excluding hydrogens is 578 g/mol. The summed E-state index contributed by atoms with van der Waals surface area (Å²) in [7, 11) is 0. The van der Waals surface area contributed by atoms with Crippen molar-refractivity contribution in [1.82, 2.24) is 15.5 Å². The smallest absolute Gasteiger partial charge is 0.220 e. The quantitative estimate of drug-likeness (QED) is 0.184. The maximum Gasteiger partial charge on any atom is 0.220 e. The third kappa shape index (κ3) is 9.97. The van der Waals surface area contributed by atoms with Gasteiger partial charge in [0.25, 0.3) is 0 Å². The van der Waals surface area contributed by atoms with Gasteiger partial charge in [-0.25, -0.2) is 0 Å². The summed E-state index contributed by atoms with van der Waals surface area (Å²) in [4.78, 5) is 26.0. The zero-order chi connectivity index (χ0) is 32.1. The van der Waals surface area contributed by atoms with Crippen molar-refractivity contribution in [2.45, 2.75) is 89.9 Å². The number of ether oxygens (including phenoxy) is 2. The molecule has 3 aromatic rings. The topological polar surface area (TPSA) is 100 Å². The Morgan fingerprint density at radius 3 is 2.33 bits per heavy atom. The van der Waals surface area contributed by atoms with E-state index in [2.05, 4.69) is 64.1 Å². The Bertz CT molecular complexity index is 1390. The maximum atomic E-state index is 12.5. The molecule has 0 aliphatic carbocycles. The fourth-order valence-electron chi connectivity index (χ4n) is 6.37. The van der Waals surface area contributed by atoms with Crippen molar-refractivity contribution in [3.8, 4) is 11.1 Å². The normalized spacial score (nSPS) is 20.3. The van der Waals surface area contributed by atoms with Crippen LogP contribution >= 0.6 is 0 Å². The van der Waals surface area contributed by atoms with Gasteiger partial charge in [-0.1, -0.05) is 85.6 Å². The summed E-state index contributed by atoms with van der Waals surface area (Å²) in [5.74, 6) is 0.0182. The van der Waals surface area contributed by atoms with Crippen LogP contribution in [0.1, 0.15) is 92.9 Å². The first-order valence-corrected chi connectivity index (χ1v) is 16.9. The number of benzene rings is 3. The molecule has 0 bridgehead atoms. The summed E-state index contributed by atoms with van der Waals surface area (Å²) >= 11 is 0. The summed E-state index contributed by atoms with van der Waals surface area (Å²) in [6.07, 6.45) is 7.12. The number of aliphatic hydroxyl groups excluding tert-OH is 1. The zero-order valence-electron chi connectivity index (χ0n) is 27.1. The minimum Gasteiger partial charge on any atom is -0.392 e. The Hall–Kier alpha value is -3.56. The van der Waals surface area contributed by atoms with Gasteiger partial charge in [0.05, 0.1) is 18.8 Å². The zero-order valence-corrected chi connectivity index (χ0v) is 27.1. The Morgan fingerprint density at radius 1 is 0.848 bits per heavy atom. The molecule has 5 rings (SSSR count). The van der Waals surface area contributed by atoms with Crippen molar-refractivity contribution < 1.29 is 24.2 Å². The lowest BCUT2D eigenvalue weighted by Crippen LogP contribution is -2.41. The van der Waals surface area contributed by atoms with Crippen LogP contribution in [0.5, 0.6) is 0 Å². The highest BCUT2D eigenvalue weighted by Crippen LogP contribution is 2.39. The predicted molar refractivity (Wildman–Crippen MR) is 180 cm³/mol. The molecule has 0 spiro atoms. The van der Waals surface area contributed by atoms with Gasteiger partial charge in [-0.2, -0.15) is 0 Å². The van der Waals surface area contributed by atoms with Crippen molar-refractivity contribution in [3.63, 3.8) is 0 Å². The number of hydrogen-bond donors (Lipinski definition) is 3. The summed E-state index contributed by atoms with van der Waals surface area (Å²) in [6.45, 7) is 5.80. The predicted octanol–water partition coefficient (Wildman–Crippen LogP) is 6.19. The van der Waals surface area contributed by atoms with Gasteiger partial charge in [0.1, 0.15) is 0 Å². The fraction of sp³-hybridized carbons (Fsp3) is 0.474. The minimum absolute atomic E-state index is 0.0197. The highest BCUT2D eigenvalue weighted by molar-refractivity contribution is 5.76. The van der Waals surface area contributed by atoms with Gasteiger partial charge in [0.15, 0.2) is 6.29 Å². The number of rotatable bonds is 14. The molecule has 2 fully saturated rings. The SMILES string of the molecule is CC(=O)NCCCCCC(=O)NCc1ccccc1-c1ccc(C2OC(CN3CCCCC3)CC(c3ccc(CO)cc3)O2)cc1. The lowest BCUT2D eigenvalue weighted by atomic mass is 9.97. The Labute approximate surface area is 273 Å². The van der Waals surface area contributed by atoms with Gasteiger partial charge < -0.3 is 30.1 Å². The van der Waals surface area contributed by atoms with E-state index in [-0.39, 0.29) is 30.6 Å². The van der Waals surface area contributed by atoms with Gasteiger partial charge in [-0.15, -0.1) is 0 Å².